The lowest BCUT2D eigenvalue weighted by molar-refractivity contribution is -0.137. The minimum Gasteiger partial charge on any atom is -0.334 e. The van der Waals surface area contributed by atoms with Crippen molar-refractivity contribution >= 4 is 11.7 Å². The van der Waals surface area contributed by atoms with Crippen LogP contribution in [0.4, 0.5) is 23.7 Å². The van der Waals surface area contributed by atoms with Crippen molar-refractivity contribution in [3.63, 3.8) is 0 Å². The summed E-state index contributed by atoms with van der Waals surface area (Å²) in [6, 6.07) is 3.64. The Morgan fingerprint density at radius 1 is 1.35 bits per heavy atom. The molecule has 0 aliphatic rings. The van der Waals surface area contributed by atoms with Crippen molar-refractivity contribution < 1.29 is 18.0 Å². The van der Waals surface area contributed by atoms with Crippen molar-refractivity contribution in [2.24, 2.45) is 11.7 Å². The monoisotopic (exact) mass is 289 g/mol. The number of hydrogen-bond donors (Lipinski definition) is 3. The zero-order chi connectivity index (χ0) is 15.3. The summed E-state index contributed by atoms with van der Waals surface area (Å²) in [5.74, 6) is 0.132. The summed E-state index contributed by atoms with van der Waals surface area (Å²) in [6.45, 7) is 4.04. The Morgan fingerprint density at radius 2 is 2.00 bits per heavy atom. The Kier molecular flexibility index (Phi) is 5.38. The highest BCUT2D eigenvalue weighted by atomic mass is 19.4. The third kappa shape index (κ3) is 4.73. The van der Waals surface area contributed by atoms with Crippen LogP contribution in [0.1, 0.15) is 19.4 Å². The highest BCUT2D eigenvalue weighted by Gasteiger charge is 2.30. The first-order valence-electron chi connectivity index (χ1n) is 6.19. The molecule has 4 nitrogen and oxygen atoms in total. The number of anilines is 1. The van der Waals surface area contributed by atoms with E-state index in [1.54, 1.807) is 0 Å². The molecule has 0 aromatic heterocycles. The fourth-order valence-corrected chi connectivity index (χ4v) is 1.61. The summed E-state index contributed by atoms with van der Waals surface area (Å²) in [4.78, 5) is 11.7. The maximum atomic E-state index is 12.5. The van der Waals surface area contributed by atoms with Gasteiger partial charge in [-0.2, -0.15) is 13.2 Å². The molecule has 7 heteroatoms. The Labute approximate surface area is 115 Å². The number of halogens is 3. The third-order valence-electron chi connectivity index (χ3n) is 2.82. The van der Waals surface area contributed by atoms with E-state index < -0.39 is 17.8 Å². The molecule has 0 spiro atoms. The van der Waals surface area contributed by atoms with Crippen molar-refractivity contribution in [1.29, 1.82) is 0 Å². The third-order valence-corrected chi connectivity index (χ3v) is 2.82. The van der Waals surface area contributed by atoms with Crippen LogP contribution in [-0.4, -0.2) is 18.6 Å². The molecular formula is C13H18F3N3O. The van der Waals surface area contributed by atoms with Crippen LogP contribution in [0, 0.1) is 5.92 Å². The first-order valence-corrected chi connectivity index (χ1v) is 6.19. The Morgan fingerprint density at radius 3 is 2.50 bits per heavy atom. The van der Waals surface area contributed by atoms with Crippen molar-refractivity contribution in [2.75, 3.05) is 11.9 Å². The zero-order valence-electron chi connectivity index (χ0n) is 11.3. The summed E-state index contributed by atoms with van der Waals surface area (Å²) >= 11 is 0. The molecule has 0 fully saturated rings. The van der Waals surface area contributed by atoms with Gasteiger partial charge in [-0.05, 0) is 24.1 Å². The molecule has 1 atom stereocenters. The lowest BCUT2D eigenvalue weighted by Crippen LogP contribution is -2.45. The van der Waals surface area contributed by atoms with Crippen LogP contribution in [0.3, 0.4) is 0 Å². The fraction of sp³-hybridized carbons (Fsp3) is 0.462. The van der Waals surface area contributed by atoms with Gasteiger partial charge in [0.1, 0.15) is 0 Å². The highest BCUT2D eigenvalue weighted by Crippen LogP contribution is 2.30. The summed E-state index contributed by atoms with van der Waals surface area (Å²) in [5, 5.41) is 4.98. The zero-order valence-corrected chi connectivity index (χ0v) is 11.3. The minimum absolute atomic E-state index is 0.0804. The molecule has 4 N–H and O–H groups in total. The number of rotatable bonds is 4. The van der Waals surface area contributed by atoms with Gasteiger partial charge in [0.15, 0.2) is 0 Å². The van der Waals surface area contributed by atoms with Gasteiger partial charge < -0.3 is 16.4 Å². The lowest BCUT2D eigenvalue weighted by Gasteiger charge is -2.20. The maximum Gasteiger partial charge on any atom is 0.416 e. The van der Waals surface area contributed by atoms with Gasteiger partial charge in [0.2, 0.25) is 0 Å². The number of carbonyl (C=O) groups is 1. The predicted molar refractivity (Wildman–Crippen MR) is 71.3 cm³/mol. The van der Waals surface area contributed by atoms with E-state index >= 15 is 0 Å². The first kappa shape index (κ1) is 16.3. The van der Waals surface area contributed by atoms with Gasteiger partial charge in [0.25, 0.3) is 0 Å². The average Bonchev–Trinajstić information content (AvgIpc) is 2.34. The van der Waals surface area contributed by atoms with Gasteiger partial charge in [-0.1, -0.05) is 19.9 Å². The van der Waals surface area contributed by atoms with Gasteiger partial charge in [0, 0.05) is 18.3 Å². The van der Waals surface area contributed by atoms with E-state index in [-0.39, 0.29) is 24.2 Å². The van der Waals surface area contributed by atoms with Crippen molar-refractivity contribution in [3.05, 3.63) is 29.8 Å². The number of urea groups is 1. The van der Waals surface area contributed by atoms with Crippen LogP contribution in [0.2, 0.25) is 0 Å². The number of nitrogens with one attached hydrogen (secondary N) is 2. The van der Waals surface area contributed by atoms with Gasteiger partial charge in [-0.3, -0.25) is 0 Å². The SMILES string of the molecule is CC(C)C(CN)NC(=O)Nc1cccc(C(F)(F)F)c1. The largest absolute Gasteiger partial charge is 0.416 e. The lowest BCUT2D eigenvalue weighted by atomic mass is 10.1. The van der Waals surface area contributed by atoms with E-state index in [0.29, 0.717) is 0 Å². The van der Waals surface area contributed by atoms with Gasteiger partial charge in [-0.25, -0.2) is 4.79 Å². The second kappa shape index (κ2) is 6.60. The average molecular weight is 289 g/mol. The van der Waals surface area contributed by atoms with Crippen molar-refractivity contribution in [3.8, 4) is 0 Å². The second-order valence-electron chi connectivity index (χ2n) is 4.76. The van der Waals surface area contributed by atoms with E-state index in [2.05, 4.69) is 10.6 Å². The van der Waals surface area contributed by atoms with E-state index in [4.69, 9.17) is 5.73 Å². The number of carbonyl (C=O) groups excluding carboxylic acids is 1. The molecule has 2 amide bonds. The van der Waals surface area contributed by atoms with Crippen LogP contribution in [0.5, 0.6) is 0 Å². The first-order chi connectivity index (χ1) is 9.24. The molecule has 1 rings (SSSR count). The van der Waals surface area contributed by atoms with Crippen LogP contribution >= 0.6 is 0 Å². The molecule has 0 bridgehead atoms. The summed E-state index contributed by atoms with van der Waals surface area (Å²) < 4.78 is 37.6. The van der Waals surface area contributed by atoms with E-state index in [1.165, 1.54) is 12.1 Å². The normalized spacial score (nSPS) is 13.2. The molecule has 0 aliphatic heterocycles. The van der Waals surface area contributed by atoms with Crippen molar-refractivity contribution in [2.45, 2.75) is 26.1 Å². The quantitative estimate of drug-likeness (QED) is 0.798. The highest BCUT2D eigenvalue weighted by molar-refractivity contribution is 5.89. The van der Waals surface area contributed by atoms with Crippen LogP contribution in [0.25, 0.3) is 0 Å². The molecule has 0 heterocycles. The molecule has 1 aromatic rings. The summed E-state index contributed by atoms with van der Waals surface area (Å²) in [6.07, 6.45) is -4.44. The second-order valence-corrected chi connectivity index (χ2v) is 4.76. The Hall–Kier alpha value is -1.76. The number of hydrogen-bond acceptors (Lipinski definition) is 2. The van der Waals surface area contributed by atoms with Gasteiger partial charge in [0.05, 0.1) is 5.56 Å². The van der Waals surface area contributed by atoms with Crippen molar-refractivity contribution in [1.82, 2.24) is 5.32 Å². The summed E-state index contributed by atoms with van der Waals surface area (Å²) in [7, 11) is 0. The number of nitrogens with two attached hydrogens (primary N) is 1. The fourth-order valence-electron chi connectivity index (χ4n) is 1.61. The molecule has 0 saturated carbocycles. The molecule has 0 aliphatic carbocycles. The smallest absolute Gasteiger partial charge is 0.334 e. The molecule has 20 heavy (non-hydrogen) atoms. The molecule has 112 valence electrons. The Balaban J connectivity index is 2.71. The van der Waals surface area contributed by atoms with E-state index in [0.717, 1.165) is 12.1 Å². The molecule has 0 saturated heterocycles. The van der Waals surface area contributed by atoms with Gasteiger partial charge >= 0.3 is 12.2 Å². The van der Waals surface area contributed by atoms with E-state index in [9.17, 15) is 18.0 Å². The Bertz CT molecular complexity index is 460. The molecule has 1 aromatic carbocycles. The van der Waals surface area contributed by atoms with Crippen LogP contribution < -0.4 is 16.4 Å². The summed E-state index contributed by atoms with van der Waals surface area (Å²) in [5.41, 5.74) is 4.78. The van der Waals surface area contributed by atoms with E-state index in [1.807, 2.05) is 13.8 Å². The molecular weight excluding hydrogens is 271 g/mol. The topological polar surface area (TPSA) is 67.1 Å². The molecule has 0 radical (unpaired) electrons. The van der Waals surface area contributed by atoms with Crippen LogP contribution in [-0.2, 0) is 6.18 Å². The standard InChI is InChI=1S/C13H18F3N3O/c1-8(2)11(7-17)19-12(20)18-10-5-3-4-9(6-10)13(14,15)16/h3-6,8,11H,7,17H2,1-2H3,(H2,18,19,20). The number of benzene rings is 1. The predicted octanol–water partition coefficient (Wildman–Crippen LogP) is 2.81. The number of amides is 2. The minimum atomic E-state index is -4.44. The molecule has 1 unspecified atom stereocenters. The maximum absolute atomic E-state index is 12.5. The van der Waals surface area contributed by atoms with Gasteiger partial charge in [-0.15, -0.1) is 0 Å². The van der Waals surface area contributed by atoms with Crippen LogP contribution in [0.15, 0.2) is 24.3 Å². The number of alkyl halides is 3.